The van der Waals surface area contributed by atoms with Crippen LogP contribution in [0.2, 0.25) is 0 Å². The standard InChI is InChI=1S/C16H16BrNO3/c1-9-7-11(17)8-12(10(9)2)15(19)13-5-4-6-14(18-13)16(20)21-3/h4-8,15,19H,1-3H3. The first-order chi connectivity index (χ1) is 9.93. The quantitative estimate of drug-likeness (QED) is 0.863. The Labute approximate surface area is 131 Å². The van der Waals surface area contributed by atoms with Gasteiger partial charge in [0.15, 0.2) is 0 Å². The first kappa shape index (κ1) is 15.7. The van der Waals surface area contributed by atoms with Gasteiger partial charge in [-0.15, -0.1) is 0 Å². The molecule has 0 spiro atoms. The van der Waals surface area contributed by atoms with Crippen molar-refractivity contribution in [2.75, 3.05) is 7.11 Å². The third-order valence-corrected chi connectivity index (χ3v) is 3.87. The lowest BCUT2D eigenvalue weighted by Crippen LogP contribution is -2.10. The maximum atomic E-state index is 11.5. The van der Waals surface area contributed by atoms with Crippen molar-refractivity contribution in [2.45, 2.75) is 20.0 Å². The van der Waals surface area contributed by atoms with Gasteiger partial charge in [0, 0.05) is 4.47 Å². The van der Waals surface area contributed by atoms with Crippen LogP contribution < -0.4 is 0 Å². The van der Waals surface area contributed by atoms with Crippen LogP contribution in [0.3, 0.4) is 0 Å². The molecule has 0 saturated carbocycles. The Kier molecular flexibility index (Phi) is 4.75. The zero-order valence-corrected chi connectivity index (χ0v) is 13.6. The number of aliphatic hydroxyl groups is 1. The molecule has 0 aliphatic rings. The predicted molar refractivity (Wildman–Crippen MR) is 83.3 cm³/mol. The van der Waals surface area contributed by atoms with Crippen LogP contribution in [0, 0.1) is 13.8 Å². The highest BCUT2D eigenvalue weighted by Gasteiger charge is 2.18. The Morgan fingerprint density at radius 3 is 2.71 bits per heavy atom. The number of benzene rings is 1. The fourth-order valence-electron chi connectivity index (χ4n) is 2.11. The Bertz CT molecular complexity index is 685. The van der Waals surface area contributed by atoms with E-state index in [2.05, 4.69) is 25.7 Å². The van der Waals surface area contributed by atoms with Gasteiger partial charge in [0.1, 0.15) is 11.8 Å². The minimum absolute atomic E-state index is 0.179. The smallest absolute Gasteiger partial charge is 0.356 e. The number of aryl methyl sites for hydroxylation is 1. The lowest BCUT2D eigenvalue weighted by molar-refractivity contribution is 0.0593. The lowest BCUT2D eigenvalue weighted by Gasteiger charge is -2.16. The van der Waals surface area contributed by atoms with Crippen molar-refractivity contribution in [1.82, 2.24) is 4.98 Å². The summed E-state index contributed by atoms with van der Waals surface area (Å²) in [6.07, 6.45) is -0.897. The summed E-state index contributed by atoms with van der Waals surface area (Å²) < 4.78 is 5.54. The van der Waals surface area contributed by atoms with Crippen molar-refractivity contribution >= 4 is 21.9 Å². The molecule has 2 rings (SSSR count). The van der Waals surface area contributed by atoms with E-state index in [9.17, 15) is 9.90 Å². The van der Waals surface area contributed by atoms with E-state index in [-0.39, 0.29) is 5.69 Å². The largest absolute Gasteiger partial charge is 0.464 e. The summed E-state index contributed by atoms with van der Waals surface area (Å²) >= 11 is 3.43. The number of esters is 1. The summed E-state index contributed by atoms with van der Waals surface area (Å²) in [6.45, 7) is 3.93. The summed E-state index contributed by atoms with van der Waals surface area (Å²) in [5.74, 6) is -0.522. The molecule has 21 heavy (non-hydrogen) atoms. The summed E-state index contributed by atoms with van der Waals surface area (Å²) in [5.41, 5.74) is 3.42. The zero-order valence-electron chi connectivity index (χ0n) is 12.1. The third kappa shape index (κ3) is 3.31. The molecule has 1 aromatic heterocycles. The third-order valence-electron chi connectivity index (χ3n) is 3.41. The van der Waals surface area contributed by atoms with Crippen molar-refractivity contribution in [3.8, 4) is 0 Å². The zero-order chi connectivity index (χ0) is 15.6. The Morgan fingerprint density at radius 2 is 2.05 bits per heavy atom. The SMILES string of the molecule is COC(=O)c1cccc(C(O)c2cc(Br)cc(C)c2C)n1. The molecule has 1 atom stereocenters. The molecular weight excluding hydrogens is 334 g/mol. The monoisotopic (exact) mass is 349 g/mol. The van der Waals surface area contributed by atoms with E-state index in [4.69, 9.17) is 0 Å². The van der Waals surface area contributed by atoms with Crippen LogP contribution >= 0.6 is 15.9 Å². The molecular formula is C16H16BrNO3. The molecule has 0 fully saturated rings. The molecule has 0 amide bonds. The van der Waals surface area contributed by atoms with Gasteiger partial charge in [0.2, 0.25) is 0 Å². The van der Waals surface area contributed by atoms with Gasteiger partial charge < -0.3 is 9.84 Å². The average molecular weight is 350 g/mol. The molecule has 0 aliphatic carbocycles. The van der Waals surface area contributed by atoms with Gasteiger partial charge in [-0.3, -0.25) is 0 Å². The van der Waals surface area contributed by atoms with Gasteiger partial charge in [-0.25, -0.2) is 9.78 Å². The Morgan fingerprint density at radius 1 is 1.33 bits per heavy atom. The number of methoxy groups -OCH3 is 1. The van der Waals surface area contributed by atoms with E-state index < -0.39 is 12.1 Å². The normalized spacial score (nSPS) is 12.0. The molecule has 0 aliphatic heterocycles. The number of halogens is 1. The van der Waals surface area contributed by atoms with Crippen molar-refractivity contribution in [1.29, 1.82) is 0 Å². The van der Waals surface area contributed by atoms with Gasteiger partial charge in [-0.2, -0.15) is 0 Å². The molecule has 1 heterocycles. The van der Waals surface area contributed by atoms with E-state index >= 15 is 0 Å². The Hall–Kier alpha value is -1.72. The number of carbonyl (C=O) groups excluding carboxylic acids is 1. The number of pyridine rings is 1. The lowest BCUT2D eigenvalue weighted by atomic mass is 9.97. The second-order valence-corrected chi connectivity index (χ2v) is 5.69. The van der Waals surface area contributed by atoms with E-state index in [0.717, 1.165) is 21.2 Å². The second kappa shape index (κ2) is 6.37. The molecule has 0 bridgehead atoms. The predicted octanol–water partition coefficient (Wildman–Crippen LogP) is 3.33. The van der Waals surface area contributed by atoms with Gasteiger partial charge in [-0.1, -0.05) is 22.0 Å². The second-order valence-electron chi connectivity index (χ2n) is 4.78. The van der Waals surface area contributed by atoms with E-state index in [1.807, 2.05) is 26.0 Å². The number of hydrogen-bond acceptors (Lipinski definition) is 4. The highest BCUT2D eigenvalue weighted by molar-refractivity contribution is 9.10. The number of ether oxygens (including phenoxy) is 1. The minimum Gasteiger partial charge on any atom is -0.464 e. The summed E-state index contributed by atoms with van der Waals surface area (Å²) in [6, 6.07) is 8.77. The van der Waals surface area contributed by atoms with Gasteiger partial charge in [0.25, 0.3) is 0 Å². The number of aromatic nitrogens is 1. The molecule has 110 valence electrons. The number of aliphatic hydroxyl groups excluding tert-OH is 1. The van der Waals surface area contributed by atoms with Gasteiger partial charge >= 0.3 is 5.97 Å². The van der Waals surface area contributed by atoms with Crippen LogP contribution in [0.4, 0.5) is 0 Å². The number of carbonyl (C=O) groups is 1. The van der Waals surface area contributed by atoms with Crippen molar-refractivity contribution in [3.05, 3.63) is 62.9 Å². The highest BCUT2D eigenvalue weighted by Crippen LogP contribution is 2.29. The van der Waals surface area contributed by atoms with E-state index in [1.165, 1.54) is 7.11 Å². The molecule has 0 saturated heterocycles. The van der Waals surface area contributed by atoms with E-state index in [1.54, 1.807) is 18.2 Å². The number of nitrogens with zero attached hydrogens (tertiary/aromatic N) is 1. The molecule has 1 unspecified atom stereocenters. The maximum Gasteiger partial charge on any atom is 0.356 e. The molecule has 4 nitrogen and oxygen atoms in total. The number of rotatable bonds is 3. The average Bonchev–Trinajstić information content (AvgIpc) is 2.49. The molecule has 1 aromatic carbocycles. The topological polar surface area (TPSA) is 59.4 Å². The Balaban J connectivity index is 2.45. The first-order valence-electron chi connectivity index (χ1n) is 6.44. The van der Waals surface area contributed by atoms with Crippen LogP contribution in [-0.2, 0) is 4.74 Å². The minimum atomic E-state index is -0.897. The molecule has 2 aromatic rings. The van der Waals surface area contributed by atoms with Crippen molar-refractivity contribution in [3.63, 3.8) is 0 Å². The summed E-state index contributed by atoms with van der Waals surface area (Å²) in [4.78, 5) is 15.7. The van der Waals surface area contributed by atoms with Crippen LogP contribution in [-0.4, -0.2) is 23.2 Å². The van der Waals surface area contributed by atoms with Crippen molar-refractivity contribution < 1.29 is 14.6 Å². The maximum absolute atomic E-state index is 11.5. The van der Waals surface area contributed by atoms with Crippen LogP contribution in [0.25, 0.3) is 0 Å². The molecule has 1 N–H and O–H groups in total. The molecule has 5 heteroatoms. The molecule has 0 radical (unpaired) electrons. The van der Waals surface area contributed by atoms with Crippen LogP contribution in [0.5, 0.6) is 0 Å². The van der Waals surface area contributed by atoms with Crippen LogP contribution in [0.1, 0.15) is 39.0 Å². The summed E-state index contributed by atoms with van der Waals surface area (Å²) in [5, 5.41) is 10.6. The fourth-order valence-corrected chi connectivity index (χ4v) is 2.70. The van der Waals surface area contributed by atoms with Crippen molar-refractivity contribution in [2.24, 2.45) is 0 Å². The first-order valence-corrected chi connectivity index (χ1v) is 7.23. The number of hydrogen-bond donors (Lipinski definition) is 1. The van der Waals surface area contributed by atoms with Gasteiger partial charge in [-0.05, 0) is 54.8 Å². The highest BCUT2D eigenvalue weighted by atomic mass is 79.9. The van der Waals surface area contributed by atoms with Gasteiger partial charge in [0.05, 0.1) is 12.8 Å². The van der Waals surface area contributed by atoms with Crippen LogP contribution in [0.15, 0.2) is 34.8 Å². The fraction of sp³-hybridized carbons (Fsp3) is 0.250. The van der Waals surface area contributed by atoms with E-state index in [0.29, 0.717) is 5.69 Å². The summed E-state index contributed by atoms with van der Waals surface area (Å²) in [7, 11) is 1.30.